The number of hydrogen-bond acceptors (Lipinski definition) is 3. The molecule has 0 bridgehead atoms. The van der Waals surface area contributed by atoms with Crippen molar-refractivity contribution < 1.29 is 22.8 Å². The van der Waals surface area contributed by atoms with E-state index in [4.69, 9.17) is 5.73 Å². The highest BCUT2D eigenvalue weighted by Gasteiger charge is 2.48. The summed E-state index contributed by atoms with van der Waals surface area (Å²) in [6.07, 6.45) is 6.47. The molecule has 1 heterocycles. The number of hydrogen-bond donors (Lipinski definition) is 2. The lowest BCUT2D eigenvalue weighted by Gasteiger charge is -2.34. The minimum Gasteiger partial charge on any atom is -0.352 e. The van der Waals surface area contributed by atoms with Gasteiger partial charge in [0.05, 0.1) is 0 Å². The third kappa shape index (κ3) is 4.48. The van der Waals surface area contributed by atoms with Crippen molar-refractivity contribution in [1.29, 1.82) is 0 Å². The van der Waals surface area contributed by atoms with E-state index in [0.29, 0.717) is 18.4 Å². The van der Waals surface area contributed by atoms with Crippen LogP contribution in [0.25, 0.3) is 0 Å². The Labute approximate surface area is 174 Å². The number of benzene rings is 1. The molecule has 0 aromatic heterocycles. The van der Waals surface area contributed by atoms with Crippen LogP contribution in [-0.2, 0) is 16.0 Å². The predicted molar refractivity (Wildman–Crippen MR) is 105 cm³/mol. The number of nitrogens with one attached hydrogen (secondary N) is 1. The van der Waals surface area contributed by atoms with Gasteiger partial charge in [0.2, 0.25) is 11.8 Å². The Morgan fingerprint density at radius 3 is 2.50 bits per heavy atom. The highest BCUT2D eigenvalue weighted by molar-refractivity contribution is 5.89. The summed E-state index contributed by atoms with van der Waals surface area (Å²) in [5.74, 6) is -3.29. The number of likely N-dealkylation sites (tertiary alicyclic amines) is 1. The molecular weight excluding hydrogens is 395 g/mol. The number of nitrogens with zero attached hydrogens (tertiary/aromatic N) is 1. The Hall–Kier alpha value is -2.09. The molecule has 4 atom stereocenters. The van der Waals surface area contributed by atoms with Crippen LogP contribution in [0.15, 0.2) is 12.1 Å². The Morgan fingerprint density at radius 1 is 1.07 bits per heavy atom. The van der Waals surface area contributed by atoms with Crippen molar-refractivity contribution in [2.24, 2.45) is 11.7 Å². The number of carbonyl (C=O) groups is 2. The summed E-state index contributed by atoms with van der Waals surface area (Å²) < 4.78 is 40.5. The van der Waals surface area contributed by atoms with Gasteiger partial charge in [0.15, 0.2) is 11.6 Å². The van der Waals surface area contributed by atoms with E-state index in [2.05, 4.69) is 5.32 Å². The molecule has 8 heteroatoms. The maximum absolute atomic E-state index is 13.9. The molecule has 3 N–H and O–H groups in total. The molecule has 164 valence electrons. The predicted octanol–water partition coefficient (Wildman–Crippen LogP) is 2.80. The van der Waals surface area contributed by atoms with E-state index in [1.165, 1.54) is 0 Å². The molecule has 30 heavy (non-hydrogen) atoms. The SMILES string of the molecule is N[C@@H](CC(=O)N1[C@H](C(=O)NC2CC2)C[C@@H]2CCCC[C@@H]21)Cc1cc(F)c(F)cc1F. The van der Waals surface area contributed by atoms with Gasteiger partial charge >= 0.3 is 0 Å². The van der Waals surface area contributed by atoms with Crippen LogP contribution < -0.4 is 11.1 Å². The minimum atomic E-state index is -1.26. The summed E-state index contributed by atoms with van der Waals surface area (Å²) in [4.78, 5) is 27.7. The van der Waals surface area contributed by atoms with Gasteiger partial charge in [-0.15, -0.1) is 0 Å². The Kier molecular flexibility index (Phi) is 6.04. The molecule has 4 rings (SSSR count). The van der Waals surface area contributed by atoms with E-state index in [0.717, 1.165) is 44.6 Å². The number of fused-ring (bicyclic) bond motifs is 1. The van der Waals surface area contributed by atoms with Gasteiger partial charge in [0.1, 0.15) is 11.9 Å². The van der Waals surface area contributed by atoms with Crippen LogP contribution in [0.5, 0.6) is 0 Å². The average Bonchev–Trinajstić information content (AvgIpc) is 3.41. The van der Waals surface area contributed by atoms with E-state index < -0.39 is 29.5 Å². The van der Waals surface area contributed by atoms with Crippen LogP contribution in [0, 0.1) is 23.4 Å². The summed E-state index contributed by atoms with van der Waals surface area (Å²) in [6.45, 7) is 0. The van der Waals surface area contributed by atoms with Crippen LogP contribution >= 0.6 is 0 Å². The molecule has 1 aliphatic heterocycles. The zero-order valence-electron chi connectivity index (χ0n) is 16.9. The van der Waals surface area contributed by atoms with Gasteiger partial charge in [-0.2, -0.15) is 0 Å². The van der Waals surface area contributed by atoms with Gasteiger partial charge < -0.3 is 16.0 Å². The Bertz CT molecular complexity index is 830. The molecule has 2 saturated carbocycles. The van der Waals surface area contributed by atoms with E-state index >= 15 is 0 Å². The van der Waals surface area contributed by atoms with Gasteiger partial charge in [0, 0.05) is 30.6 Å². The Morgan fingerprint density at radius 2 is 1.77 bits per heavy atom. The zero-order valence-corrected chi connectivity index (χ0v) is 16.9. The standard InChI is InChI=1S/C22H28F3N3O2/c23-16-11-18(25)17(24)8-13(16)7-14(26)10-21(29)28-19-4-2-1-3-12(19)9-20(28)22(30)27-15-5-6-15/h8,11-12,14-15,19-20H,1-7,9-10,26H2,(H,27,30)/t12-,14+,19-,20-/m0/s1. The van der Waals surface area contributed by atoms with E-state index in [-0.39, 0.29) is 42.3 Å². The second-order valence-corrected chi connectivity index (χ2v) is 8.97. The second kappa shape index (κ2) is 8.57. The molecule has 2 aliphatic carbocycles. The monoisotopic (exact) mass is 423 g/mol. The lowest BCUT2D eigenvalue weighted by Crippen LogP contribution is -2.51. The van der Waals surface area contributed by atoms with Crippen LogP contribution in [0.2, 0.25) is 0 Å². The second-order valence-electron chi connectivity index (χ2n) is 8.97. The maximum Gasteiger partial charge on any atom is 0.243 e. The molecule has 5 nitrogen and oxygen atoms in total. The first-order valence-electron chi connectivity index (χ1n) is 10.8. The third-order valence-corrected chi connectivity index (χ3v) is 6.61. The van der Waals surface area contributed by atoms with Gasteiger partial charge in [-0.25, -0.2) is 13.2 Å². The number of nitrogens with two attached hydrogens (primary N) is 1. The fourth-order valence-corrected chi connectivity index (χ4v) is 4.98. The Balaban J connectivity index is 1.45. The van der Waals surface area contributed by atoms with Crippen LogP contribution in [0.3, 0.4) is 0 Å². The first-order valence-corrected chi connectivity index (χ1v) is 10.8. The largest absolute Gasteiger partial charge is 0.352 e. The zero-order chi connectivity index (χ0) is 21.4. The lowest BCUT2D eigenvalue weighted by atomic mass is 9.84. The quantitative estimate of drug-likeness (QED) is 0.691. The summed E-state index contributed by atoms with van der Waals surface area (Å²) in [5, 5.41) is 3.01. The lowest BCUT2D eigenvalue weighted by molar-refractivity contribution is -0.141. The molecular formula is C22H28F3N3O2. The van der Waals surface area contributed by atoms with Crippen LogP contribution in [0.1, 0.15) is 56.9 Å². The van der Waals surface area contributed by atoms with Crippen LogP contribution in [-0.4, -0.2) is 40.9 Å². The number of rotatable bonds is 6. The highest BCUT2D eigenvalue weighted by Crippen LogP contribution is 2.40. The molecule has 0 spiro atoms. The minimum absolute atomic E-state index is 0.0356. The van der Waals surface area contributed by atoms with Gasteiger partial charge in [-0.05, 0) is 56.1 Å². The molecule has 3 aliphatic rings. The van der Waals surface area contributed by atoms with Crippen molar-refractivity contribution in [2.75, 3.05) is 0 Å². The van der Waals surface area contributed by atoms with E-state index in [1.54, 1.807) is 4.90 Å². The summed E-state index contributed by atoms with van der Waals surface area (Å²) in [6, 6.07) is 0.285. The molecule has 1 aromatic rings. The third-order valence-electron chi connectivity index (χ3n) is 6.61. The van der Waals surface area contributed by atoms with Gasteiger partial charge in [0.25, 0.3) is 0 Å². The van der Waals surface area contributed by atoms with Crippen molar-refractivity contribution in [2.45, 2.75) is 82.0 Å². The average molecular weight is 423 g/mol. The highest BCUT2D eigenvalue weighted by atomic mass is 19.2. The number of amides is 2. The van der Waals surface area contributed by atoms with Crippen molar-refractivity contribution >= 4 is 11.8 Å². The summed E-state index contributed by atoms with van der Waals surface area (Å²) in [7, 11) is 0. The topological polar surface area (TPSA) is 75.4 Å². The van der Waals surface area contributed by atoms with E-state index in [9.17, 15) is 22.8 Å². The number of halogens is 3. The molecule has 3 fully saturated rings. The van der Waals surface area contributed by atoms with Gasteiger partial charge in [-0.3, -0.25) is 9.59 Å². The molecule has 0 radical (unpaired) electrons. The molecule has 0 unspecified atom stereocenters. The normalized spacial score (nSPS) is 26.9. The van der Waals surface area contributed by atoms with Crippen LogP contribution in [0.4, 0.5) is 13.2 Å². The fraction of sp³-hybridized carbons (Fsp3) is 0.636. The van der Waals surface area contributed by atoms with Crippen molar-refractivity contribution in [3.05, 3.63) is 35.1 Å². The molecule has 2 amide bonds. The summed E-state index contributed by atoms with van der Waals surface area (Å²) >= 11 is 0. The van der Waals surface area contributed by atoms with E-state index in [1.807, 2.05) is 0 Å². The number of carbonyl (C=O) groups excluding carboxylic acids is 2. The molecule has 1 saturated heterocycles. The van der Waals surface area contributed by atoms with Crippen molar-refractivity contribution in [3.63, 3.8) is 0 Å². The smallest absolute Gasteiger partial charge is 0.243 e. The molecule has 1 aromatic carbocycles. The fourth-order valence-electron chi connectivity index (χ4n) is 4.98. The first-order chi connectivity index (χ1) is 14.3. The van der Waals surface area contributed by atoms with Gasteiger partial charge in [-0.1, -0.05) is 12.8 Å². The first kappa shape index (κ1) is 21.2. The van der Waals surface area contributed by atoms with Crippen molar-refractivity contribution in [3.8, 4) is 0 Å². The summed E-state index contributed by atoms with van der Waals surface area (Å²) in [5.41, 5.74) is 6.02. The van der Waals surface area contributed by atoms with Crippen molar-refractivity contribution in [1.82, 2.24) is 10.2 Å². The maximum atomic E-state index is 13.9.